The van der Waals surface area contributed by atoms with Crippen LogP contribution in [0, 0.1) is 0 Å². The fourth-order valence-corrected chi connectivity index (χ4v) is 3.53. The molecule has 6 nitrogen and oxygen atoms in total. The summed E-state index contributed by atoms with van der Waals surface area (Å²) in [7, 11) is 3.09. The fourth-order valence-electron chi connectivity index (χ4n) is 3.41. The minimum atomic E-state index is -0.720. The van der Waals surface area contributed by atoms with E-state index in [1.165, 1.54) is 12.0 Å². The van der Waals surface area contributed by atoms with Gasteiger partial charge in [0.1, 0.15) is 11.5 Å². The van der Waals surface area contributed by atoms with Gasteiger partial charge in [0.25, 0.3) is 11.7 Å². The van der Waals surface area contributed by atoms with Crippen LogP contribution >= 0.6 is 11.6 Å². The summed E-state index contributed by atoms with van der Waals surface area (Å²) in [6.45, 7) is 0.771. The van der Waals surface area contributed by atoms with Crippen LogP contribution in [0.4, 0.5) is 0 Å². The molecule has 2 aromatic rings. The summed E-state index contributed by atoms with van der Waals surface area (Å²) in [5.41, 5.74) is 1.14. The Kier molecular flexibility index (Phi) is 6.56. The predicted octanol–water partition coefficient (Wildman–Crippen LogP) is 3.81. The van der Waals surface area contributed by atoms with Crippen molar-refractivity contribution >= 4 is 29.1 Å². The molecule has 2 aromatic carbocycles. The van der Waals surface area contributed by atoms with E-state index in [1.807, 2.05) is 0 Å². The van der Waals surface area contributed by atoms with E-state index in [9.17, 15) is 14.7 Å². The number of amides is 1. The lowest BCUT2D eigenvalue weighted by atomic mass is 9.95. The Labute approximate surface area is 174 Å². The number of halogens is 1. The van der Waals surface area contributed by atoms with Crippen molar-refractivity contribution in [2.45, 2.75) is 12.5 Å². The predicted molar refractivity (Wildman–Crippen MR) is 110 cm³/mol. The smallest absolute Gasteiger partial charge is 0.295 e. The number of benzene rings is 2. The normalized spacial score (nSPS) is 18.3. The first-order valence-corrected chi connectivity index (χ1v) is 9.53. The molecule has 0 bridgehead atoms. The highest BCUT2D eigenvalue weighted by molar-refractivity contribution is 6.46. The Hall–Kier alpha value is -2.83. The van der Waals surface area contributed by atoms with Crippen molar-refractivity contribution in [3.63, 3.8) is 0 Å². The summed E-state index contributed by atoms with van der Waals surface area (Å²) in [4.78, 5) is 27.1. The zero-order valence-electron chi connectivity index (χ0n) is 16.2. The van der Waals surface area contributed by atoms with Crippen molar-refractivity contribution in [3.8, 4) is 5.75 Å². The van der Waals surface area contributed by atoms with E-state index in [0.717, 1.165) is 0 Å². The van der Waals surface area contributed by atoms with E-state index < -0.39 is 17.7 Å². The Bertz CT molecular complexity index is 938. The maximum atomic E-state index is 12.9. The third-order valence-corrected chi connectivity index (χ3v) is 5.07. The summed E-state index contributed by atoms with van der Waals surface area (Å²) in [5, 5.41) is 11.5. The number of methoxy groups -OCH3 is 2. The molecule has 1 amide bonds. The molecule has 7 heteroatoms. The number of hydrogen-bond donors (Lipinski definition) is 1. The van der Waals surface area contributed by atoms with Crippen molar-refractivity contribution < 1.29 is 24.2 Å². The monoisotopic (exact) mass is 415 g/mol. The largest absolute Gasteiger partial charge is 0.507 e. The molecule has 1 unspecified atom stereocenters. The molecule has 29 heavy (non-hydrogen) atoms. The van der Waals surface area contributed by atoms with Crippen molar-refractivity contribution in [1.82, 2.24) is 4.90 Å². The van der Waals surface area contributed by atoms with E-state index in [4.69, 9.17) is 21.1 Å². The van der Waals surface area contributed by atoms with Gasteiger partial charge in [-0.1, -0.05) is 35.9 Å². The summed E-state index contributed by atoms with van der Waals surface area (Å²) in [5.74, 6) is -1.07. The van der Waals surface area contributed by atoms with E-state index in [2.05, 4.69) is 0 Å². The van der Waals surface area contributed by atoms with Gasteiger partial charge in [0.2, 0.25) is 0 Å². The van der Waals surface area contributed by atoms with E-state index in [0.29, 0.717) is 41.5 Å². The number of likely N-dealkylation sites (tertiary alicyclic amines) is 1. The molecule has 1 fully saturated rings. The van der Waals surface area contributed by atoms with Gasteiger partial charge < -0.3 is 19.5 Å². The van der Waals surface area contributed by atoms with Gasteiger partial charge in [0.05, 0.1) is 18.7 Å². The average Bonchev–Trinajstić information content (AvgIpc) is 2.99. The molecule has 1 aliphatic rings. The molecule has 0 saturated carbocycles. The number of Topliss-reactive ketones (excluding diaryl/α,β-unsaturated/α-hetero) is 1. The van der Waals surface area contributed by atoms with Crippen molar-refractivity contribution in [3.05, 3.63) is 70.3 Å². The molecular formula is C22H22ClNO5. The SMILES string of the molecule is COCCCN1C(=O)C(=O)/C(=C(/O)c2cccc(OC)c2)C1c1ccc(Cl)cc1. The van der Waals surface area contributed by atoms with E-state index in [1.54, 1.807) is 55.6 Å². The zero-order chi connectivity index (χ0) is 21.0. The minimum Gasteiger partial charge on any atom is -0.507 e. The van der Waals surface area contributed by atoms with Crippen LogP contribution in [0.3, 0.4) is 0 Å². The van der Waals surface area contributed by atoms with Crippen LogP contribution in [0.1, 0.15) is 23.6 Å². The van der Waals surface area contributed by atoms with Gasteiger partial charge in [-0.25, -0.2) is 0 Å². The van der Waals surface area contributed by atoms with Crippen molar-refractivity contribution in [2.75, 3.05) is 27.4 Å². The number of ketones is 1. The van der Waals surface area contributed by atoms with Crippen LogP contribution in [0.25, 0.3) is 5.76 Å². The molecular weight excluding hydrogens is 394 g/mol. The molecule has 1 aliphatic heterocycles. The Morgan fingerprint density at radius 3 is 2.52 bits per heavy atom. The lowest BCUT2D eigenvalue weighted by Crippen LogP contribution is -2.31. The molecule has 3 rings (SSSR count). The van der Waals surface area contributed by atoms with Crippen molar-refractivity contribution in [2.24, 2.45) is 0 Å². The van der Waals surface area contributed by atoms with Crippen LogP contribution in [0.5, 0.6) is 5.75 Å². The molecule has 0 aromatic heterocycles. The van der Waals surface area contributed by atoms with Crippen LogP contribution < -0.4 is 4.74 Å². The second-order valence-corrected chi connectivity index (χ2v) is 7.06. The summed E-state index contributed by atoms with van der Waals surface area (Å²) >= 11 is 6.00. The highest BCUT2D eigenvalue weighted by atomic mass is 35.5. The maximum absolute atomic E-state index is 12.9. The number of ether oxygens (including phenoxy) is 2. The van der Waals surface area contributed by atoms with E-state index >= 15 is 0 Å². The Balaban J connectivity index is 2.12. The maximum Gasteiger partial charge on any atom is 0.295 e. The van der Waals surface area contributed by atoms with Crippen LogP contribution in [-0.4, -0.2) is 49.1 Å². The number of hydrogen-bond acceptors (Lipinski definition) is 5. The molecule has 0 aliphatic carbocycles. The molecule has 1 N–H and O–H groups in total. The lowest BCUT2D eigenvalue weighted by Gasteiger charge is -2.25. The number of aliphatic hydroxyl groups is 1. The van der Waals surface area contributed by atoms with Gasteiger partial charge in [0, 0.05) is 30.8 Å². The summed E-state index contributed by atoms with van der Waals surface area (Å²) in [6, 6.07) is 12.9. The number of carbonyl (C=O) groups excluding carboxylic acids is 2. The van der Waals surface area contributed by atoms with Gasteiger partial charge in [0.15, 0.2) is 0 Å². The number of carbonyl (C=O) groups is 2. The number of aliphatic hydroxyl groups excluding tert-OH is 1. The Morgan fingerprint density at radius 2 is 1.86 bits per heavy atom. The third kappa shape index (κ3) is 4.28. The highest BCUT2D eigenvalue weighted by Crippen LogP contribution is 2.40. The molecule has 0 spiro atoms. The van der Waals surface area contributed by atoms with Gasteiger partial charge >= 0.3 is 0 Å². The standard InChI is InChI=1S/C22H22ClNO5/c1-28-12-4-11-24-19(14-7-9-16(23)10-8-14)18(21(26)22(24)27)20(25)15-5-3-6-17(13-15)29-2/h3,5-10,13,19,25H,4,11-12H2,1-2H3/b20-18+. The molecule has 1 heterocycles. The number of rotatable bonds is 7. The molecule has 1 atom stereocenters. The first-order valence-electron chi connectivity index (χ1n) is 9.15. The van der Waals surface area contributed by atoms with Gasteiger partial charge in [-0.3, -0.25) is 9.59 Å². The number of nitrogens with zero attached hydrogens (tertiary/aromatic N) is 1. The van der Waals surface area contributed by atoms with E-state index in [-0.39, 0.29) is 11.3 Å². The second-order valence-electron chi connectivity index (χ2n) is 6.62. The zero-order valence-corrected chi connectivity index (χ0v) is 17.0. The second kappa shape index (κ2) is 9.11. The quantitative estimate of drug-likeness (QED) is 0.322. The molecule has 152 valence electrons. The van der Waals surface area contributed by atoms with Crippen LogP contribution in [-0.2, 0) is 14.3 Å². The van der Waals surface area contributed by atoms with Crippen LogP contribution in [0.15, 0.2) is 54.1 Å². The average molecular weight is 416 g/mol. The van der Waals surface area contributed by atoms with Gasteiger partial charge in [-0.2, -0.15) is 0 Å². The first-order chi connectivity index (χ1) is 14.0. The first kappa shape index (κ1) is 20.9. The molecule has 0 radical (unpaired) electrons. The van der Waals surface area contributed by atoms with Crippen LogP contribution in [0.2, 0.25) is 5.02 Å². The fraction of sp³-hybridized carbons (Fsp3) is 0.273. The van der Waals surface area contributed by atoms with Gasteiger partial charge in [-0.05, 0) is 36.2 Å². The lowest BCUT2D eigenvalue weighted by molar-refractivity contribution is -0.140. The third-order valence-electron chi connectivity index (χ3n) is 4.82. The minimum absolute atomic E-state index is 0.0444. The van der Waals surface area contributed by atoms with Crippen molar-refractivity contribution in [1.29, 1.82) is 0 Å². The summed E-state index contributed by atoms with van der Waals surface area (Å²) < 4.78 is 10.3. The van der Waals surface area contributed by atoms with Gasteiger partial charge in [-0.15, -0.1) is 0 Å². The topological polar surface area (TPSA) is 76.1 Å². The Morgan fingerprint density at radius 1 is 1.14 bits per heavy atom. The highest BCUT2D eigenvalue weighted by Gasteiger charge is 2.45. The molecule has 1 saturated heterocycles. The summed E-state index contributed by atoms with van der Waals surface area (Å²) in [6.07, 6.45) is 0.562.